The van der Waals surface area contributed by atoms with Gasteiger partial charge in [-0.25, -0.2) is 4.39 Å². The maximum absolute atomic E-state index is 13.8. The van der Waals surface area contributed by atoms with Crippen LogP contribution in [0, 0.1) is 0 Å². The highest BCUT2D eigenvalue weighted by Crippen LogP contribution is 2.37. The van der Waals surface area contributed by atoms with Crippen molar-refractivity contribution in [3.05, 3.63) is 71.3 Å². The fraction of sp³-hybridized carbons (Fsp3) is 0.250. The molecular weight excluding hydrogens is 335 g/mol. The first-order valence-corrected chi connectivity index (χ1v) is 8.46. The lowest BCUT2D eigenvalue weighted by molar-refractivity contribution is -0.161. The lowest BCUT2D eigenvalue weighted by Gasteiger charge is -2.51. The summed E-state index contributed by atoms with van der Waals surface area (Å²) in [6.07, 6.45) is 0. The van der Waals surface area contributed by atoms with Crippen LogP contribution in [-0.2, 0) is 4.79 Å². The van der Waals surface area contributed by atoms with E-state index in [2.05, 4.69) is 0 Å². The molecule has 5 nitrogen and oxygen atoms in total. The molecule has 1 saturated heterocycles. The zero-order valence-electron chi connectivity index (χ0n) is 14.1. The summed E-state index contributed by atoms with van der Waals surface area (Å²) in [5.41, 5.74) is 1.40. The Bertz CT molecular complexity index is 864. The Morgan fingerprint density at radius 1 is 0.923 bits per heavy atom. The number of alkyl halides is 1. The Hall–Kier alpha value is -3.02. The van der Waals surface area contributed by atoms with Gasteiger partial charge in [-0.3, -0.25) is 19.3 Å². The summed E-state index contributed by atoms with van der Waals surface area (Å²) >= 11 is 0. The molecule has 6 heteroatoms. The number of fused-ring (bicyclic) bond motifs is 1. The van der Waals surface area contributed by atoms with E-state index in [-0.39, 0.29) is 17.2 Å². The summed E-state index contributed by atoms with van der Waals surface area (Å²) < 4.78 is 13.8. The van der Waals surface area contributed by atoms with Crippen LogP contribution in [0.1, 0.15) is 39.2 Å². The van der Waals surface area contributed by atoms with Crippen molar-refractivity contribution < 1.29 is 18.8 Å². The predicted octanol–water partition coefficient (Wildman–Crippen LogP) is 2.59. The summed E-state index contributed by atoms with van der Waals surface area (Å²) in [5.74, 6) is -1.47. The van der Waals surface area contributed by atoms with Gasteiger partial charge in [0.15, 0.2) is 0 Å². The SMILES string of the molecule is CC(c1ccccc1)N1C(=O)C(N2C(=O)c3ccccc3C2=O)C1CF. The van der Waals surface area contributed by atoms with Crippen molar-refractivity contribution in [1.29, 1.82) is 0 Å². The molecule has 3 unspecified atom stereocenters. The molecule has 0 radical (unpaired) electrons. The number of likely N-dealkylation sites (tertiary alicyclic amines) is 1. The van der Waals surface area contributed by atoms with E-state index >= 15 is 0 Å². The molecule has 2 heterocycles. The van der Waals surface area contributed by atoms with Crippen LogP contribution in [0.5, 0.6) is 0 Å². The number of benzene rings is 2. The highest BCUT2D eigenvalue weighted by molar-refractivity contribution is 6.23. The molecule has 3 atom stereocenters. The number of nitrogens with zero attached hydrogens (tertiary/aromatic N) is 2. The van der Waals surface area contributed by atoms with Gasteiger partial charge < -0.3 is 4.90 Å². The fourth-order valence-corrected chi connectivity index (χ4v) is 3.82. The van der Waals surface area contributed by atoms with E-state index in [1.165, 1.54) is 4.90 Å². The average molecular weight is 352 g/mol. The third-order valence-corrected chi connectivity index (χ3v) is 5.19. The fourth-order valence-electron chi connectivity index (χ4n) is 3.82. The van der Waals surface area contributed by atoms with Gasteiger partial charge in [0, 0.05) is 0 Å². The smallest absolute Gasteiger partial charge is 0.262 e. The van der Waals surface area contributed by atoms with Gasteiger partial charge in [0.2, 0.25) is 5.91 Å². The van der Waals surface area contributed by atoms with Crippen LogP contribution >= 0.6 is 0 Å². The van der Waals surface area contributed by atoms with Crippen LogP contribution in [0.3, 0.4) is 0 Å². The summed E-state index contributed by atoms with van der Waals surface area (Å²) in [7, 11) is 0. The van der Waals surface area contributed by atoms with E-state index in [1.807, 2.05) is 37.3 Å². The maximum Gasteiger partial charge on any atom is 0.262 e. The van der Waals surface area contributed by atoms with Crippen LogP contribution < -0.4 is 0 Å². The van der Waals surface area contributed by atoms with E-state index in [1.54, 1.807) is 24.3 Å². The van der Waals surface area contributed by atoms with E-state index in [9.17, 15) is 18.8 Å². The van der Waals surface area contributed by atoms with Gasteiger partial charge in [0.05, 0.1) is 23.2 Å². The van der Waals surface area contributed by atoms with Crippen molar-refractivity contribution in [3.63, 3.8) is 0 Å². The van der Waals surface area contributed by atoms with E-state index < -0.39 is 36.5 Å². The largest absolute Gasteiger partial charge is 0.326 e. The molecule has 0 N–H and O–H groups in total. The van der Waals surface area contributed by atoms with Gasteiger partial charge in [-0.1, -0.05) is 42.5 Å². The zero-order chi connectivity index (χ0) is 18.4. The number of carbonyl (C=O) groups excluding carboxylic acids is 3. The molecule has 2 aliphatic heterocycles. The van der Waals surface area contributed by atoms with Crippen molar-refractivity contribution in [1.82, 2.24) is 9.80 Å². The van der Waals surface area contributed by atoms with Crippen LogP contribution in [0.4, 0.5) is 4.39 Å². The minimum atomic E-state index is -1.08. The van der Waals surface area contributed by atoms with E-state index in [4.69, 9.17) is 0 Å². The molecule has 0 bridgehead atoms. The third kappa shape index (κ3) is 2.18. The van der Waals surface area contributed by atoms with Crippen LogP contribution in [0.2, 0.25) is 0 Å². The van der Waals surface area contributed by atoms with Crippen molar-refractivity contribution in [2.45, 2.75) is 25.0 Å². The molecule has 0 aliphatic carbocycles. The molecule has 0 aromatic heterocycles. The van der Waals surface area contributed by atoms with E-state index in [0.29, 0.717) is 0 Å². The Morgan fingerprint density at radius 2 is 1.46 bits per heavy atom. The number of carbonyl (C=O) groups is 3. The first-order valence-electron chi connectivity index (χ1n) is 8.46. The van der Waals surface area contributed by atoms with Crippen LogP contribution in [-0.4, -0.2) is 46.3 Å². The number of hydrogen-bond donors (Lipinski definition) is 0. The van der Waals surface area contributed by atoms with Crippen molar-refractivity contribution in [3.8, 4) is 0 Å². The maximum atomic E-state index is 13.8. The van der Waals surface area contributed by atoms with Gasteiger partial charge in [-0.05, 0) is 24.6 Å². The number of amides is 3. The van der Waals surface area contributed by atoms with Gasteiger partial charge in [-0.2, -0.15) is 0 Å². The highest BCUT2D eigenvalue weighted by Gasteiger charge is 2.57. The minimum absolute atomic E-state index is 0.262. The summed E-state index contributed by atoms with van der Waals surface area (Å²) in [6, 6.07) is 13.5. The number of β-lactam (4-membered cyclic amide) rings is 1. The molecule has 2 aliphatic rings. The first-order chi connectivity index (χ1) is 12.6. The minimum Gasteiger partial charge on any atom is -0.326 e. The highest BCUT2D eigenvalue weighted by atomic mass is 19.1. The number of halogens is 1. The standard InChI is InChI=1S/C20H17FN2O3/c1-12(13-7-3-2-4-8-13)22-16(11-21)17(20(22)26)23-18(24)14-9-5-6-10-15(14)19(23)25/h2-10,12,16-17H,11H2,1H3. The van der Waals surface area contributed by atoms with Crippen molar-refractivity contribution in [2.75, 3.05) is 6.67 Å². The molecule has 0 saturated carbocycles. The second-order valence-electron chi connectivity index (χ2n) is 6.52. The average Bonchev–Trinajstić information content (AvgIpc) is 2.92. The lowest BCUT2D eigenvalue weighted by Crippen LogP contribution is -2.72. The van der Waals surface area contributed by atoms with Gasteiger partial charge in [0.1, 0.15) is 12.7 Å². The molecule has 3 amide bonds. The van der Waals surface area contributed by atoms with Crippen LogP contribution in [0.25, 0.3) is 0 Å². The number of imide groups is 1. The Kier molecular flexibility index (Phi) is 3.83. The molecule has 26 heavy (non-hydrogen) atoms. The number of hydrogen-bond acceptors (Lipinski definition) is 3. The van der Waals surface area contributed by atoms with Crippen molar-refractivity contribution in [2.24, 2.45) is 0 Å². The summed E-state index contributed by atoms with van der Waals surface area (Å²) in [4.78, 5) is 40.3. The predicted molar refractivity (Wildman–Crippen MR) is 92.2 cm³/mol. The van der Waals surface area contributed by atoms with Gasteiger partial charge in [-0.15, -0.1) is 0 Å². The monoisotopic (exact) mass is 352 g/mol. The topological polar surface area (TPSA) is 57.7 Å². The van der Waals surface area contributed by atoms with E-state index in [0.717, 1.165) is 10.5 Å². The normalized spacial score (nSPS) is 23.1. The molecule has 4 rings (SSSR count). The number of rotatable bonds is 4. The molecule has 132 valence electrons. The Balaban J connectivity index is 1.63. The second-order valence-corrected chi connectivity index (χ2v) is 6.52. The lowest BCUT2D eigenvalue weighted by atomic mass is 9.90. The van der Waals surface area contributed by atoms with Crippen LogP contribution in [0.15, 0.2) is 54.6 Å². The van der Waals surface area contributed by atoms with Crippen molar-refractivity contribution >= 4 is 17.7 Å². The molecular formula is C20H17FN2O3. The quantitative estimate of drug-likeness (QED) is 0.628. The Labute approximate surface area is 150 Å². The molecule has 2 aromatic rings. The van der Waals surface area contributed by atoms with Gasteiger partial charge in [0.25, 0.3) is 11.8 Å². The zero-order valence-corrected chi connectivity index (χ0v) is 14.1. The molecule has 2 aromatic carbocycles. The molecule has 1 fully saturated rings. The summed E-state index contributed by atoms with van der Waals surface area (Å²) in [5, 5.41) is 0. The molecule has 0 spiro atoms. The third-order valence-electron chi connectivity index (χ3n) is 5.19. The summed E-state index contributed by atoms with van der Waals surface area (Å²) in [6.45, 7) is 0.996. The Morgan fingerprint density at radius 3 is 2.00 bits per heavy atom. The first kappa shape index (κ1) is 16.4. The van der Waals surface area contributed by atoms with Gasteiger partial charge >= 0.3 is 0 Å². The second kappa shape index (κ2) is 6.05.